The topological polar surface area (TPSA) is 54.0 Å². The Morgan fingerprint density at radius 3 is 3.14 bits per heavy atom. The van der Waals surface area contributed by atoms with Crippen LogP contribution >= 0.6 is 0 Å². The molecule has 2 fully saturated rings. The molecule has 2 atom stereocenters. The molecule has 0 amide bonds. The normalized spacial score (nSPS) is 29.6. The summed E-state index contributed by atoms with van der Waals surface area (Å²) in [5, 5.41) is 1.13. The highest BCUT2D eigenvalue weighted by molar-refractivity contribution is 5.87. The van der Waals surface area contributed by atoms with E-state index in [1.807, 2.05) is 13.3 Å². The van der Waals surface area contributed by atoms with Gasteiger partial charge < -0.3 is 14.6 Å². The molecule has 0 bridgehead atoms. The maximum atomic E-state index is 5.80. The van der Waals surface area contributed by atoms with Crippen LogP contribution in [0.15, 0.2) is 18.6 Å². The largest absolute Gasteiger partial charge is 0.381 e. The lowest BCUT2D eigenvalue weighted by Crippen LogP contribution is -2.48. The molecular formula is C16H22N4O. The van der Waals surface area contributed by atoms with Gasteiger partial charge in [-0.15, -0.1) is 0 Å². The monoisotopic (exact) mass is 286 g/mol. The Morgan fingerprint density at radius 1 is 1.33 bits per heavy atom. The van der Waals surface area contributed by atoms with Gasteiger partial charge in [-0.1, -0.05) is 6.42 Å². The van der Waals surface area contributed by atoms with Crippen molar-refractivity contribution in [1.29, 1.82) is 0 Å². The number of rotatable bonds is 2. The van der Waals surface area contributed by atoms with Gasteiger partial charge in [-0.05, 0) is 31.7 Å². The van der Waals surface area contributed by atoms with Crippen LogP contribution in [0, 0.1) is 5.41 Å². The van der Waals surface area contributed by atoms with Gasteiger partial charge in [0.1, 0.15) is 17.8 Å². The Hall–Kier alpha value is -1.62. The lowest BCUT2D eigenvalue weighted by atomic mass is 9.76. The molecule has 21 heavy (non-hydrogen) atoms. The summed E-state index contributed by atoms with van der Waals surface area (Å²) in [5.41, 5.74) is 1.25. The summed E-state index contributed by atoms with van der Waals surface area (Å²) in [7, 11) is 1.87. The van der Waals surface area contributed by atoms with Crippen molar-refractivity contribution in [2.75, 3.05) is 25.1 Å². The molecule has 4 rings (SSSR count). The molecule has 1 saturated carbocycles. The number of ether oxygens (including phenoxy) is 1. The van der Waals surface area contributed by atoms with E-state index in [-0.39, 0.29) is 0 Å². The van der Waals surface area contributed by atoms with E-state index in [1.54, 1.807) is 6.33 Å². The first-order valence-corrected chi connectivity index (χ1v) is 7.88. The van der Waals surface area contributed by atoms with Crippen LogP contribution in [0.2, 0.25) is 0 Å². The highest BCUT2D eigenvalue weighted by Gasteiger charge is 2.46. The number of methoxy groups -OCH3 is 1. The zero-order valence-electron chi connectivity index (χ0n) is 12.5. The number of piperidine rings is 1. The molecule has 1 aliphatic heterocycles. The Morgan fingerprint density at radius 2 is 2.24 bits per heavy atom. The predicted molar refractivity (Wildman–Crippen MR) is 82.4 cm³/mol. The number of nitrogens with zero attached hydrogens (tertiary/aromatic N) is 3. The van der Waals surface area contributed by atoms with Crippen LogP contribution in [0.5, 0.6) is 0 Å². The summed E-state index contributed by atoms with van der Waals surface area (Å²) in [5.74, 6) is 1.07. The predicted octanol–water partition coefficient (Wildman–Crippen LogP) is 2.74. The lowest BCUT2D eigenvalue weighted by Gasteiger charge is -2.44. The van der Waals surface area contributed by atoms with Gasteiger partial charge in [-0.25, -0.2) is 9.97 Å². The number of hydrogen-bond donors (Lipinski definition) is 1. The molecule has 0 unspecified atom stereocenters. The fraction of sp³-hybridized carbons (Fsp3) is 0.625. The van der Waals surface area contributed by atoms with Gasteiger partial charge in [-0.2, -0.15) is 0 Å². The zero-order valence-corrected chi connectivity index (χ0v) is 12.5. The highest BCUT2D eigenvalue weighted by Crippen LogP contribution is 2.47. The molecule has 2 aliphatic rings. The van der Waals surface area contributed by atoms with Gasteiger partial charge in [0.2, 0.25) is 0 Å². The molecule has 2 aromatic rings. The van der Waals surface area contributed by atoms with Crippen molar-refractivity contribution in [3.05, 3.63) is 18.6 Å². The second-order valence-electron chi connectivity index (χ2n) is 6.44. The molecule has 3 heterocycles. The summed E-state index contributed by atoms with van der Waals surface area (Å²) < 4.78 is 5.80. The third kappa shape index (κ3) is 2.02. The lowest BCUT2D eigenvalue weighted by molar-refractivity contribution is 0.00220. The van der Waals surface area contributed by atoms with Gasteiger partial charge in [0, 0.05) is 31.8 Å². The van der Waals surface area contributed by atoms with Crippen LogP contribution in [-0.4, -0.2) is 41.3 Å². The Bertz CT molecular complexity index is 640. The second-order valence-corrected chi connectivity index (χ2v) is 6.44. The van der Waals surface area contributed by atoms with Crippen molar-refractivity contribution in [2.24, 2.45) is 5.41 Å². The Balaban J connectivity index is 1.68. The SMILES string of the molecule is CO[C@@H]1CCC[C@]12CCCN(c1ncnc3[nH]ccc13)C2. The van der Waals surface area contributed by atoms with Crippen LogP contribution in [0.1, 0.15) is 32.1 Å². The Kier molecular flexibility index (Phi) is 3.10. The van der Waals surface area contributed by atoms with Gasteiger partial charge in [-0.3, -0.25) is 0 Å². The molecule has 2 aromatic heterocycles. The molecule has 1 N–H and O–H groups in total. The average molecular weight is 286 g/mol. The third-order valence-electron chi connectivity index (χ3n) is 5.35. The first-order valence-electron chi connectivity index (χ1n) is 7.88. The van der Waals surface area contributed by atoms with Gasteiger partial charge in [0.25, 0.3) is 0 Å². The Labute approximate surface area is 124 Å². The van der Waals surface area contributed by atoms with Crippen molar-refractivity contribution >= 4 is 16.9 Å². The van der Waals surface area contributed by atoms with Gasteiger partial charge in [0.15, 0.2) is 0 Å². The minimum atomic E-state index is 0.320. The number of fused-ring (bicyclic) bond motifs is 1. The highest BCUT2D eigenvalue weighted by atomic mass is 16.5. The number of H-pyrrole nitrogens is 1. The number of aromatic amines is 1. The number of aromatic nitrogens is 3. The summed E-state index contributed by atoms with van der Waals surface area (Å²) in [6.45, 7) is 2.14. The number of nitrogens with one attached hydrogen (secondary N) is 1. The van der Waals surface area contributed by atoms with Crippen molar-refractivity contribution in [1.82, 2.24) is 15.0 Å². The summed E-state index contributed by atoms with van der Waals surface area (Å²) in [6, 6.07) is 2.08. The molecule has 0 aromatic carbocycles. The maximum Gasteiger partial charge on any atom is 0.142 e. The molecule has 1 spiro atoms. The molecule has 112 valence electrons. The van der Waals surface area contributed by atoms with Crippen molar-refractivity contribution < 1.29 is 4.74 Å². The maximum absolute atomic E-state index is 5.80. The van der Waals surface area contributed by atoms with E-state index in [0.717, 1.165) is 29.9 Å². The fourth-order valence-electron chi connectivity index (χ4n) is 4.39. The summed E-state index contributed by atoms with van der Waals surface area (Å²) in [4.78, 5) is 14.5. The number of anilines is 1. The average Bonchev–Trinajstić information content (AvgIpc) is 3.13. The number of hydrogen-bond acceptors (Lipinski definition) is 4. The van der Waals surface area contributed by atoms with Crippen molar-refractivity contribution in [3.8, 4) is 0 Å². The van der Waals surface area contributed by atoms with Crippen molar-refractivity contribution in [3.63, 3.8) is 0 Å². The van der Waals surface area contributed by atoms with E-state index in [2.05, 4.69) is 25.9 Å². The molecule has 1 saturated heterocycles. The quantitative estimate of drug-likeness (QED) is 0.922. The standard InChI is InChI=1S/C16H22N4O/c1-21-13-4-2-6-16(13)7-3-9-20(10-16)15-12-5-8-17-14(12)18-11-19-15/h5,8,11,13H,2-4,6-7,9-10H2,1H3,(H,17,18,19)/t13-,16-/m1/s1. The molecule has 5 heteroatoms. The van der Waals surface area contributed by atoms with Crippen LogP contribution < -0.4 is 4.90 Å². The molecule has 1 aliphatic carbocycles. The van der Waals surface area contributed by atoms with Crippen LogP contribution in [0.3, 0.4) is 0 Å². The first-order chi connectivity index (χ1) is 10.3. The van der Waals surface area contributed by atoms with Crippen LogP contribution in [0.4, 0.5) is 5.82 Å². The summed E-state index contributed by atoms with van der Waals surface area (Å²) in [6.07, 6.45) is 10.3. The zero-order chi connectivity index (χ0) is 14.3. The molecule has 5 nitrogen and oxygen atoms in total. The first kappa shape index (κ1) is 13.1. The minimum absolute atomic E-state index is 0.320. The summed E-state index contributed by atoms with van der Waals surface area (Å²) >= 11 is 0. The van der Waals surface area contributed by atoms with Gasteiger partial charge >= 0.3 is 0 Å². The van der Waals surface area contributed by atoms with E-state index >= 15 is 0 Å². The molecular weight excluding hydrogens is 264 g/mol. The van der Waals surface area contributed by atoms with E-state index in [0.29, 0.717) is 11.5 Å². The third-order valence-corrected chi connectivity index (χ3v) is 5.35. The van der Waals surface area contributed by atoms with E-state index in [4.69, 9.17) is 4.74 Å². The van der Waals surface area contributed by atoms with Crippen molar-refractivity contribution in [2.45, 2.75) is 38.2 Å². The minimum Gasteiger partial charge on any atom is -0.381 e. The molecule has 0 radical (unpaired) electrons. The van der Waals surface area contributed by atoms with E-state index < -0.39 is 0 Å². The van der Waals surface area contributed by atoms with E-state index in [9.17, 15) is 0 Å². The second kappa shape index (κ2) is 4.98. The van der Waals surface area contributed by atoms with Crippen LogP contribution in [0.25, 0.3) is 11.0 Å². The van der Waals surface area contributed by atoms with Gasteiger partial charge in [0.05, 0.1) is 11.5 Å². The fourth-order valence-corrected chi connectivity index (χ4v) is 4.39. The smallest absolute Gasteiger partial charge is 0.142 e. The van der Waals surface area contributed by atoms with E-state index in [1.165, 1.54) is 32.1 Å². The van der Waals surface area contributed by atoms with Crippen LogP contribution in [-0.2, 0) is 4.74 Å².